The maximum Gasteiger partial charge on any atom is 0.254 e. The quantitative estimate of drug-likeness (QED) is 0.683. The van der Waals surface area contributed by atoms with Crippen molar-refractivity contribution in [1.82, 2.24) is 14.9 Å². The molecule has 1 fully saturated rings. The summed E-state index contributed by atoms with van der Waals surface area (Å²) in [5, 5.41) is 0. The Morgan fingerprint density at radius 3 is 2.77 bits per heavy atom. The van der Waals surface area contributed by atoms with Crippen LogP contribution in [0.15, 0.2) is 47.6 Å². The Morgan fingerprint density at radius 1 is 1.20 bits per heavy atom. The third-order valence-electron chi connectivity index (χ3n) is 7.05. The minimum absolute atomic E-state index is 0.0410. The highest BCUT2D eigenvalue weighted by Gasteiger charge is 2.50. The number of carbonyl (C=O) groups excluding carboxylic acids is 1. The number of fused-ring (bicyclic) bond motifs is 5. The summed E-state index contributed by atoms with van der Waals surface area (Å²) in [5.41, 5.74) is 4.51. The number of aromatic nitrogens is 2. The van der Waals surface area contributed by atoms with Crippen molar-refractivity contribution in [3.05, 3.63) is 59.4 Å². The topological polar surface area (TPSA) is 83.1 Å². The first-order valence-electron chi connectivity index (χ1n) is 10.2. The number of benzene rings is 2. The molecule has 1 N–H and O–H groups in total. The van der Waals surface area contributed by atoms with Gasteiger partial charge in [-0.25, -0.2) is 13.4 Å². The second-order valence-electron chi connectivity index (χ2n) is 9.15. The number of sulfone groups is 1. The molecule has 0 spiro atoms. The van der Waals surface area contributed by atoms with Crippen LogP contribution in [0, 0.1) is 5.41 Å². The second-order valence-corrected chi connectivity index (χ2v) is 11.2. The molecule has 1 aliphatic carbocycles. The Balaban J connectivity index is 1.53. The maximum atomic E-state index is 13.5. The summed E-state index contributed by atoms with van der Waals surface area (Å²) >= 11 is 0. The van der Waals surface area contributed by atoms with E-state index in [0.29, 0.717) is 17.0 Å². The summed E-state index contributed by atoms with van der Waals surface area (Å²) in [5.74, 6) is 0.270. The van der Waals surface area contributed by atoms with Crippen LogP contribution in [0.3, 0.4) is 0 Å². The van der Waals surface area contributed by atoms with E-state index < -0.39 is 9.84 Å². The number of carbonyl (C=O) groups is 1. The van der Waals surface area contributed by atoms with Crippen LogP contribution in [0.4, 0.5) is 0 Å². The van der Waals surface area contributed by atoms with Crippen LogP contribution in [-0.2, 0) is 16.3 Å². The maximum absolute atomic E-state index is 13.5. The second kappa shape index (κ2) is 6.41. The van der Waals surface area contributed by atoms with E-state index in [1.807, 2.05) is 35.2 Å². The Kier molecular flexibility index (Phi) is 4.13. The molecule has 2 bridgehead atoms. The molecule has 2 heterocycles. The van der Waals surface area contributed by atoms with Gasteiger partial charge in [0.1, 0.15) is 0 Å². The van der Waals surface area contributed by atoms with Crippen LogP contribution in [0.25, 0.3) is 11.0 Å². The molecule has 3 aromatic rings. The number of likely N-dealkylation sites (tertiary alicyclic amines) is 1. The number of rotatable bonds is 2. The zero-order valence-electron chi connectivity index (χ0n) is 17.3. The van der Waals surface area contributed by atoms with Gasteiger partial charge in [0.15, 0.2) is 9.84 Å². The van der Waals surface area contributed by atoms with Gasteiger partial charge < -0.3 is 9.88 Å². The van der Waals surface area contributed by atoms with Crippen molar-refractivity contribution in [3.63, 3.8) is 0 Å². The fourth-order valence-corrected chi connectivity index (χ4v) is 6.02. The molecule has 1 amide bonds. The molecule has 156 valence electrons. The highest BCUT2D eigenvalue weighted by molar-refractivity contribution is 7.90. The summed E-state index contributed by atoms with van der Waals surface area (Å²) in [4.78, 5) is 23.2. The number of nitrogens with zero attached hydrogens (tertiary/aromatic N) is 2. The molecule has 30 heavy (non-hydrogen) atoms. The van der Waals surface area contributed by atoms with Crippen LogP contribution in [-0.4, -0.2) is 48.0 Å². The summed E-state index contributed by atoms with van der Waals surface area (Å²) in [6.07, 6.45) is 4.45. The van der Waals surface area contributed by atoms with Crippen LogP contribution < -0.4 is 0 Å². The highest BCUT2D eigenvalue weighted by Crippen LogP contribution is 2.52. The third-order valence-corrected chi connectivity index (χ3v) is 8.16. The van der Waals surface area contributed by atoms with Gasteiger partial charge in [-0.1, -0.05) is 19.9 Å². The largest absolute Gasteiger partial charge is 0.345 e. The van der Waals surface area contributed by atoms with Crippen LogP contribution in [0.1, 0.15) is 47.7 Å². The average molecular weight is 424 g/mol. The number of piperidine rings is 1. The molecule has 1 aromatic heterocycles. The fourth-order valence-electron chi connectivity index (χ4n) is 5.36. The van der Waals surface area contributed by atoms with Gasteiger partial charge >= 0.3 is 0 Å². The number of hydrogen-bond acceptors (Lipinski definition) is 4. The lowest BCUT2D eigenvalue weighted by Crippen LogP contribution is -2.58. The lowest BCUT2D eigenvalue weighted by atomic mass is 9.59. The summed E-state index contributed by atoms with van der Waals surface area (Å²) in [6.45, 7) is 5.08. The Bertz CT molecular complexity index is 1280. The van der Waals surface area contributed by atoms with E-state index in [1.54, 1.807) is 12.4 Å². The predicted octanol–water partition coefficient (Wildman–Crippen LogP) is 3.55. The van der Waals surface area contributed by atoms with Crippen LogP contribution >= 0.6 is 0 Å². The summed E-state index contributed by atoms with van der Waals surface area (Å²) in [6, 6.07) is 11.2. The lowest BCUT2D eigenvalue weighted by molar-refractivity contribution is 0.0103. The Labute approximate surface area is 176 Å². The molecule has 2 aliphatic rings. The van der Waals surface area contributed by atoms with Gasteiger partial charge in [0.05, 0.1) is 22.3 Å². The number of H-pyrrole nitrogens is 1. The van der Waals surface area contributed by atoms with Gasteiger partial charge in [-0.3, -0.25) is 4.79 Å². The molecule has 0 saturated carbocycles. The minimum atomic E-state index is -3.25. The molecule has 1 aliphatic heterocycles. The SMILES string of the molecule is CC1(C)C2CCN(C(=O)c3ccc4nc[nH]c4c3)[C@@H]1Cc1ccc(S(C)(=O)=O)cc12. The first-order valence-corrected chi connectivity index (χ1v) is 12.1. The molecule has 5 rings (SSSR count). The van der Waals surface area contributed by atoms with E-state index in [9.17, 15) is 13.2 Å². The zero-order valence-corrected chi connectivity index (χ0v) is 18.2. The molecule has 1 saturated heterocycles. The van der Waals surface area contributed by atoms with E-state index >= 15 is 0 Å². The van der Waals surface area contributed by atoms with E-state index in [4.69, 9.17) is 0 Å². The molecular formula is C23H25N3O3S. The number of imidazole rings is 1. The molecule has 2 atom stereocenters. The third kappa shape index (κ3) is 2.87. The zero-order chi connectivity index (χ0) is 21.3. The van der Waals surface area contributed by atoms with Crippen molar-refractivity contribution >= 4 is 26.8 Å². The van der Waals surface area contributed by atoms with E-state index in [2.05, 4.69) is 23.8 Å². The number of hydrogen-bond donors (Lipinski definition) is 1. The lowest BCUT2D eigenvalue weighted by Gasteiger charge is -2.55. The molecule has 7 heteroatoms. The number of aromatic amines is 1. The van der Waals surface area contributed by atoms with Crippen molar-refractivity contribution in [2.45, 2.75) is 43.5 Å². The first-order chi connectivity index (χ1) is 14.2. The van der Waals surface area contributed by atoms with Gasteiger partial charge in [0.25, 0.3) is 5.91 Å². The van der Waals surface area contributed by atoms with Crippen molar-refractivity contribution in [3.8, 4) is 0 Å². The number of nitrogens with one attached hydrogen (secondary N) is 1. The highest BCUT2D eigenvalue weighted by atomic mass is 32.2. The fraction of sp³-hybridized carbons (Fsp3) is 0.391. The smallest absolute Gasteiger partial charge is 0.254 e. The molecule has 1 unspecified atom stereocenters. The van der Waals surface area contributed by atoms with Crippen LogP contribution in [0.2, 0.25) is 0 Å². The Hall–Kier alpha value is -2.67. The van der Waals surface area contributed by atoms with E-state index in [0.717, 1.165) is 35.0 Å². The summed E-state index contributed by atoms with van der Waals surface area (Å²) in [7, 11) is -3.25. The average Bonchev–Trinajstić information content (AvgIpc) is 3.14. The van der Waals surface area contributed by atoms with Gasteiger partial charge in [-0.2, -0.15) is 0 Å². The molecule has 6 nitrogen and oxygen atoms in total. The van der Waals surface area contributed by atoms with Gasteiger partial charge in [-0.15, -0.1) is 0 Å². The molecular weight excluding hydrogens is 398 g/mol. The van der Waals surface area contributed by atoms with Gasteiger partial charge in [0, 0.05) is 24.4 Å². The standard InChI is InChI=1S/C23H25N3O3S/c1-23(2)18-8-9-26(22(27)15-5-7-19-20(10-15)25-13-24-19)21(23)11-14-4-6-16(12-17(14)18)30(3,28)29/h4-7,10,12-13,18,21H,8-9,11H2,1-3H3,(H,24,25)/t18?,21-/m1/s1. The number of amides is 1. The minimum Gasteiger partial charge on any atom is -0.345 e. The van der Waals surface area contributed by atoms with Gasteiger partial charge in [0.2, 0.25) is 0 Å². The monoisotopic (exact) mass is 423 g/mol. The van der Waals surface area contributed by atoms with E-state index in [1.165, 1.54) is 6.26 Å². The normalized spacial score (nSPS) is 22.7. The molecule has 2 aromatic carbocycles. The van der Waals surface area contributed by atoms with Crippen molar-refractivity contribution < 1.29 is 13.2 Å². The predicted molar refractivity (Wildman–Crippen MR) is 115 cm³/mol. The van der Waals surface area contributed by atoms with Crippen LogP contribution in [0.5, 0.6) is 0 Å². The van der Waals surface area contributed by atoms with Crippen molar-refractivity contribution in [2.75, 3.05) is 12.8 Å². The van der Waals surface area contributed by atoms with Crippen molar-refractivity contribution in [2.24, 2.45) is 5.41 Å². The van der Waals surface area contributed by atoms with Gasteiger partial charge in [-0.05, 0) is 65.6 Å². The molecule has 0 radical (unpaired) electrons. The first kappa shape index (κ1) is 19.3. The van der Waals surface area contributed by atoms with Crippen molar-refractivity contribution in [1.29, 1.82) is 0 Å². The van der Waals surface area contributed by atoms with E-state index in [-0.39, 0.29) is 23.3 Å². The summed E-state index contributed by atoms with van der Waals surface area (Å²) < 4.78 is 24.1. The Morgan fingerprint density at radius 2 is 2.00 bits per heavy atom.